The molecule has 0 bridgehead atoms. The van der Waals surface area contributed by atoms with Crippen LogP contribution >= 0.6 is 0 Å². The molecule has 0 aliphatic carbocycles. The smallest absolute Gasteiger partial charge is 0.328 e. The van der Waals surface area contributed by atoms with Crippen LogP contribution in [-0.4, -0.2) is 50.1 Å². The van der Waals surface area contributed by atoms with E-state index < -0.39 is 48.8 Å². The van der Waals surface area contributed by atoms with Crippen LogP contribution in [0.25, 0.3) is 0 Å². The number of esters is 2. The van der Waals surface area contributed by atoms with E-state index in [1.54, 1.807) is 24.3 Å². The summed E-state index contributed by atoms with van der Waals surface area (Å²) in [6.45, 7) is -1.15. The van der Waals surface area contributed by atoms with E-state index in [2.05, 4.69) is 10.6 Å². The Bertz CT molecular complexity index is 903. The van der Waals surface area contributed by atoms with E-state index in [0.717, 1.165) is 11.6 Å². The number of carbonyl (C=O) groups is 4. The Morgan fingerprint density at radius 3 is 2.43 bits per heavy atom. The number of rotatable bonds is 9. The van der Waals surface area contributed by atoms with Crippen LogP contribution in [0.1, 0.15) is 15.9 Å². The number of hydrogen-bond acceptors (Lipinski definition) is 6. The van der Waals surface area contributed by atoms with Gasteiger partial charge >= 0.3 is 11.9 Å². The highest BCUT2D eigenvalue weighted by atomic mass is 19.1. The SMILES string of the molecule is COC(=O)[C@H](Cc1ccccc1)NC(=O)COC(=O)CNC(=O)c1cccc(F)c1. The molecule has 0 aliphatic heterocycles. The van der Waals surface area contributed by atoms with Crippen LogP contribution in [0.15, 0.2) is 54.6 Å². The second kappa shape index (κ2) is 11.3. The van der Waals surface area contributed by atoms with Crippen LogP contribution in [0.4, 0.5) is 4.39 Å². The highest BCUT2D eigenvalue weighted by Gasteiger charge is 2.22. The number of ether oxygens (including phenoxy) is 2. The van der Waals surface area contributed by atoms with E-state index in [1.165, 1.54) is 25.3 Å². The van der Waals surface area contributed by atoms with Gasteiger partial charge < -0.3 is 20.1 Å². The Morgan fingerprint density at radius 2 is 1.77 bits per heavy atom. The minimum atomic E-state index is -0.948. The molecule has 0 unspecified atom stereocenters. The first-order chi connectivity index (χ1) is 14.4. The topological polar surface area (TPSA) is 111 Å². The summed E-state index contributed by atoms with van der Waals surface area (Å²) in [5.41, 5.74) is 0.854. The summed E-state index contributed by atoms with van der Waals surface area (Å²) in [6, 6.07) is 13.0. The number of halogens is 1. The first-order valence-corrected chi connectivity index (χ1v) is 8.99. The van der Waals surface area contributed by atoms with Crippen molar-refractivity contribution in [2.45, 2.75) is 12.5 Å². The number of nitrogens with one attached hydrogen (secondary N) is 2. The molecule has 158 valence electrons. The number of benzene rings is 2. The Balaban J connectivity index is 1.79. The van der Waals surface area contributed by atoms with Crippen molar-refractivity contribution in [3.8, 4) is 0 Å². The predicted molar refractivity (Wildman–Crippen MR) is 104 cm³/mol. The molecule has 0 fully saturated rings. The second-order valence-corrected chi connectivity index (χ2v) is 6.19. The zero-order valence-corrected chi connectivity index (χ0v) is 16.2. The Kier molecular flexibility index (Phi) is 8.49. The Morgan fingerprint density at radius 1 is 1.03 bits per heavy atom. The number of amides is 2. The van der Waals surface area contributed by atoms with Crippen molar-refractivity contribution in [2.24, 2.45) is 0 Å². The molecule has 0 aromatic heterocycles. The van der Waals surface area contributed by atoms with Gasteiger partial charge in [-0.15, -0.1) is 0 Å². The van der Waals surface area contributed by atoms with Gasteiger partial charge in [-0.1, -0.05) is 36.4 Å². The molecule has 0 heterocycles. The van der Waals surface area contributed by atoms with Gasteiger partial charge in [-0.05, 0) is 23.8 Å². The van der Waals surface area contributed by atoms with Crippen molar-refractivity contribution in [3.63, 3.8) is 0 Å². The largest absolute Gasteiger partial charge is 0.467 e. The Labute approximate surface area is 172 Å². The molecule has 2 aromatic carbocycles. The van der Waals surface area contributed by atoms with E-state index >= 15 is 0 Å². The fourth-order valence-electron chi connectivity index (χ4n) is 2.50. The van der Waals surface area contributed by atoms with Crippen LogP contribution in [0.3, 0.4) is 0 Å². The quantitative estimate of drug-likeness (QED) is 0.590. The fourth-order valence-corrected chi connectivity index (χ4v) is 2.50. The lowest BCUT2D eigenvalue weighted by Crippen LogP contribution is -2.45. The average molecular weight is 416 g/mol. The summed E-state index contributed by atoms with van der Waals surface area (Å²) in [5.74, 6) is -3.46. The van der Waals surface area contributed by atoms with Gasteiger partial charge in [0.1, 0.15) is 18.4 Å². The fraction of sp³-hybridized carbons (Fsp3) is 0.238. The van der Waals surface area contributed by atoms with Gasteiger partial charge in [0.2, 0.25) is 0 Å². The minimum absolute atomic E-state index is 0.0439. The molecule has 2 aromatic rings. The van der Waals surface area contributed by atoms with Crippen molar-refractivity contribution in [1.82, 2.24) is 10.6 Å². The van der Waals surface area contributed by atoms with Crippen LogP contribution < -0.4 is 10.6 Å². The van der Waals surface area contributed by atoms with Crippen LogP contribution in [0.2, 0.25) is 0 Å². The lowest BCUT2D eigenvalue weighted by molar-refractivity contribution is -0.149. The lowest BCUT2D eigenvalue weighted by Gasteiger charge is -2.16. The third-order valence-corrected chi connectivity index (χ3v) is 3.95. The van der Waals surface area contributed by atoms with E-state index in [-0.39, 0.29) is 12.0 Å². The predicted octanol–water partition coefficient (Wildman–Crippen LogP) is 0.999. The lowest BCUT2D eigenvalue weighted by atomic mass is 10.1. The molecule has 30 heavy (non-hydrogen) atoms. The van der Waals surface area contributed by atoms with E-state index in [4.69, 9.17) is 9.47 Å². The molecule has 2 amide bonds. The number of carbonyl (C=O) groups excluding carboxylic acids is 4. The maximum Gasteiger partial charge on any atom is 0.328 e. The van der Waals surface area contributed by atoms with Crippen molar-refractivity contribution in [2.75, 3.05) is 20.3 Å². The summed E-state index contributed by atoms with van der Waals surface area (Å²) < 4.78 is 22.6. The van der Waals surface area contributed by atoms with Gasteiger partial charge in [0, 0.05) is 12.0 Å². The molecule has 0 spiro atoms. The van der Waals surface area contributed by atoms with Gasteiger partial charge in [-0.3, -0.25) is 14.4 Å². The highest BCUT2D eigenvalue weighted by Crippen LogP contribution is 2.05. The van der Waals surface area contributed by atoms with Crippen LogP contribution in [-0.2, 0) is 30.3 Å². The van der Waals surface area contributed by atoms with Crippen molar-refractivity contribution in [1.29, 1.82) is 0 Å². The second-order valence-electron chi connectivity index (χ2n) is 6.19. The highest BCUT2D eigenvalue weighted by molar-refractivity contribution is 5.96. The summed E-state index contributed by atoms with van der Waals surface area (Å²) in [4.78, 5) is 47.5. The summed E-state index contributed by atoms with van der Waals surface area (Å²) in [6.07, 6.45) is 0.205. The normalized spacial score (nSPS) is 11.1. The molecule has 0 aliphatic rings. The van der Waals surface area contributed by atoms with Crippen molar-refractivity contribution < 1.29 is 33.0 Å². The molecule has 9 heteroatoms. The molecule has 2 rings (SSSR count). The molecule has 0 saturated heterocycles. The standard InChI is InChI=1S/C21H21FN2O6/c1-29-21(28)17(10-14-6-3-2-4-7-14)24-18(25)13-30-19(26)12-23-20(27)15-8-5-9-16(22)11-15/h2-9,11,17H,10,12-13H2,1H3,(H,23,27)(H,24,25)/t17-/m0/s1. The number of methoxy groups -OCH3 is 1. The summed E-state index contributed by atoms with van der Waals surface area (Å²) in [7, 11) is 1.20. The molecule has 2 N–H and O–H groups in total. The number of hydrogen-bond donors (Lipinski definition) is 2. The van der Waals surface area contributed by atoms with E-state index in [9.17, 15) is 23.6 Å². The van der Waals surface area contributed by atoms with Crippen molar-refractivity contribution in [3.05, 3.63) is 71.5 Å². The molecule has 0 saturated carbocycles. The van der Waals surface area contributed by atoms with Crippen LogP contribution in [0, 0.1) is 5.82 Å². The summed E-state index contributed by atoms with van der Waals surface area (Å²) in [5, 5.41) is 4.71. The molecule has 0 radical (unpaired) electrons. The average Bonchev–Trinajstić information content (AvgIpc) is 2.75. The first kappa shape index (κ1) is 22.5. The minimum Gasteiger partial charge on any atom is -0.467 e. The molecule has 1 atom stereocenters. The Hall–Kier alpha value is -3.75. The zero-order chi connectivity index (χ0) is 21.9. The summed E-state index contributed by atoms with van der Waals surface area (Å²) >= 11 is 0. The third-order valence-electron chi connectivity index (χ3n) is 3.95. The van der Waals surface area contributed by atoms with Gasteiger partial charge in [-0.2, -0.15) is 0 Å². The van der Waals surface area contributed by atoms with Gasteiger partial charge in [0.15, 0.2) is 6.61 Å². The van der Waals surface area contributed by atoms with Gasteiger partial charge in [0.05, 0.1) is 7.11 Å². The monoisotopic (exact) mass is 416 g/mol. The van der Waals surface area contributed by atoms with Gasteiger partial charge in [0.25, 0.3) is 11.8 Å². The van der Waals surface area contributed by atoms with E-state index in [0.29, 0.717) is 0 Å². The molecule has 8 nitrogen and oxygen atoms in total. The maximum absolute atomic E-state index is 13.1. The van der Waals surface area contributed by atoms with E-state index in [1.807, 2.05) is 6.07 Å². The molecular formula is C21H21FN2O6. The first-order valence-electron chi connectivity index (χ1n) is 8.99. The van der Waals surface area contributed by atoms with Crippen molar-refractivity contribution >= 4 is 23.8 Å². The zero-order valence-electron chi connectivity index (χ0n) is 16.2. The molecular weight excluding hydrogens is 395 g/mol. The van der Waals surface area contributed by atoms with Crippen LogP contribution in [0.5, 0.6) is 0 Å². The maximum atomic E-state index is 13.1. The third kappa shape index (κ3) is 7.34. The van der Waals surface area contributed by atoms with Gasteiger partial charge in [-0.25, -0.2) is 9.18 Å².